The van der Waals surface area contributed by atoms with Crippen molar-refractivity contribution in [2.75, 3.05) is 19.3 Å². The third-order valence-electron chi connectivity index (χ3n) is 3.03. The standard InChI is InChI=1S/C14H19N5O3S/c1-11-4-6-12(7-5-11)19-10-13(17-18-19)14(20)15-8-3-9-16-23(2,21)22/h4-7,10,16H,3,8-9H2,1-2H3,(H,15,20). The largest absolute Gasteiger partial charge is 0.351 e. The van der Waals surface area contributed by atoms with Crippen molar-refractivity contribution < 1.29 is 13.2 Å². The van der Waals surface area contributed by atoms with Gasteiger partial charge < -0.3 is 5.32 Å². The SMILES string of the molecule is Cc1ccc(-n2cc(C(=O)NCCCNS(C)(=O)=O)nn2)cc1. The zero-order valence-electron chi connectivity index (χ0n) is 13.0. The first-order chi connectivity index (χ1) is 10.8. The van der Waals surface area contributed by atoms with Crippen LogP contribution in [-0.4, -0.2) is 48.7 Å². The summed E-state index contributed by atoms with van der Waals surface area (Å²) >= 11 is 0. The van der Waals surface area contributed by atoms with Crippen LogP contribution in [0.3, 0.4) is 0 Å². The first kappa shape index (κ1) is 17.1. The molecule has 1 amide bonds. The topological polar surface area (TPSA) is 106 Å². The average Bonchev–Trinajstić information content (AvgIpc) is 2.96. The number of aromatic nitrogens is 3. The van der Waals surface area contributed by atoms with Crippen molar-refractivity contribution in [1.29, 1.82) is 0 Å². The van der Waals surface area contributed by atoms with E-state index in [4.69, 9.17) is 0 Å². The van der Waals surface area contributed by atoms with E-state index in [9.17, 15) is 13.2 Å². The molecule has 2 rings (SSSR count). The van der Waals surface area contributed by atoms with Crippen molar-refractivity contribution in [3.05, 3.63) is 41.7 Å². The molecule has 1 aromatic heterocycles. The van der Waals surface area contributed by atoms with E-state index >= 15 is 0 Å². The quantitative estimate of drug-likeness (QED) is 0.704. The van der Waals surface area contributed by atoms with Crippen LogP contribution in [-0.2, 0) is 10.0 Å². The van der Waals surface area contributed by atoms with Gasteiger partial charge in [0, 0.05) is 13.1 Å². The molecule has 0 aliphatic rings. The highest BCUT2D eigenvalue weighted by atomic mass is 32.2. The van der Waals surface area contributed by atoms with Gasteiger partial charge in [-0.3, -0.25) is 4.79 Å². The molecule has 2 aromatic rings. The van der Waals surface area contributed by atoms with E-state index in [0.29, 0.717) is 13.0 Å². The second-order valence-corrected chi connectivity index (χ2v) is 6.99. The maximum atomic E-state index is 11.9. The first-order valence-corrected chi connectivity index (χ1v) is 8.96. The Morgan fingerprint density at radius 3 is 2.57 bits per heavy atom. The molecule has 0 aliphatic heterocycles. The van der Waals surface area contributed by atoms with E-state index in [1.807, 2.05) is 31.2 Å². The van der Waals surface area contributed by atoms with Crippen LogP contribution in [0, 0.1) is 6.92 Å². The molecule has 0 atom stereocenters. The monoisotopic (exact) mass is 337 g/mol. The van der Waals surface area contributed by atoms with E-state index in [1.54, 1.807) is 6.20 Å². The Bertz CT molecular complexity index is 768. The van der Waals surface area contributed by atoms with Crippen molar-refractivity contribution in [2.45, 2.75) is 13.3 Å². The summed E-state index contributed by atoms with van der Waals surface area (Å²) in [5.74, 6) is -0.345. The lowest BCUT2D eigenvalue weighted by atomic mass is 10.2. The number of aryl methyl sites for hydroxylation is 1. The minimum Gasteiger partial charge on any atom is -0.351 e. The molecular weight excluding hydrogens is 318 g/mol. The van der Waals surface area contributed by atoms with Gasteiger partial charge in [0.2, 0.25) is 10.0 Å². The molecule has 0 unspecified atom stereocenters. The summed E-state index contributed by atoms with van der Waals surface area (Å²) in [4.78, 5) is 11.9. The smallest absolute Gasteiger partial charge is 0.273 e. The number of nitrogens with zero attached hydrogens (tertiary/aromatic N) is 3. The Morgan fingerprint density at radius 2 is 1.91 bits per heavy atom. The number of carbonyl (C=O) groups excluding carboxylic acids is 1. The van der Waals surface area contributed by atoms with Gasteiger partial charge in [-0.2, -0.15) is 0 Å². The highest BCUT2D eigenvalue weighted by Gasteiger charge is 2.11. The summed E-state index contributed by atoms with van der Waals surface area (Å²) in [6.07, 6.45) is 3.13. The van der Waals surface area contributed by atoms with Gasteiger partial charge >= 0.3 is 0 Å². The highest BCUT2D eigenvalue weighted by molar-refractivity contribution is 7.88. The summed E-state index contributed by atoms with van der Waals surface area (Å²) in [6.45, 7) is 2.61. The number of nitrogens with one attached hydrogen (secondary N) is 2. The molecule has 9 heteroatoms. The minimum absolute atomic E-state index is 0.210. The van der Waals surface area contributed by atoms with Gasteiger partial charge in [-0.05, 0) is 25.5 Å². The Balaban J connectivity index is 1.85. The van der Waals surface area contributed by atoms with Gasteiger partial charge in [-0.25, -0.2) is 17.8 Å². The summed E-state index contributed by atoms with van der Waals surface area (Å²) in [6, 6.07) is 7.68. The molecule has 0 bridgehead atoms. The van der Waals surface area contributed by atoms with Gasteiger partial charge in [-0.15, -0.1) is 5.10 Å². The van der Waals surface area contributed by atoms with E-state index in [1.165, 1.54) is 4.68 Å². The normalized spacial score (nSPS) is 11.4. The molecule has 0 fully saturated rings. The minimum atomic E-state index is -3.20. The molecule has 0 aliphatic carbocycles. The first-order valence-electron chi connectivity index (χ1n) is 7.07. The lowest BCUT2D eigenvalue weighted by molar-refractivity contribution is 0.0948. The van der Waals surface area contributed by atoms with E-state index < -0.39 is 10.0 Å². The van der Waals surface area contributed by atoms with Gasteiger partial charge in [-0.1, -0.05) is 22.9 Å². The Labute approximate surface area is 134 Å². The summed E-state index contributed by atoms with van der Waals surface area (Å²) in [5.41, 5.74) is 2.16. The third-order valence-corrected chi connectivity index (χ3v) is 3.76. The lowest BCUT2D eigenvalue weighted by Gasteiger charge is -2.03. The molecule has 1 aromatic carbocycles. The number of sulfonamides is 1. The predicted molar refractivity (Wildman–Crippen MR) is 85.9 cm³/mol. The lowest BCUT2D eigenvalue weighted by Crippen LogP contribution is -2.29. The molecule has 1 heterocycles. The van der Waals surface area contributed by atoms with Crippen LogP contribution in [0.5, 0.6) is 0 Å². The molecule has 2 N–H and O–H groups in total. The zero-order valence-corrected chi connectivity index (χ0v) is 13.8. The van der Waals surface area contributed by atoms with Gasteiger partial charge in [0.15, 0.2) is 5.69 Å². The van der Waals surface area contributed by atoms with Crippen LogP contribution < -0.4 is 10.0 Å². The zero-order chi connectivity index (χ0) is 16.9. The molecule has 23 heavy (non-hydrogen) atoms. The van der Waals surface area contributed by atoms with Crippen molar-refractivity contribution >= 4 is 15.9 Å². The maximum absolute atomic E-state index is 11.9. The van der Waals surface area contributed by atoms with Crippen LogP contribution in [0.25, 0.3) is 5.69 Å². The molecule has 0 spiro atoms. The predicted octanol–water partition coefficient (Wildman–Crippen LogP) is 0.245. The Morgan fingerprint density at radius 1 is 1.22 bits per heavy atom. The number of amides is 1. The molecular formula is C14H19N5O3S. The van der Waals surface area contributed by atoms with Crippen molar-refractivity contribution in [3.63, 3.8) is 0 Å². The summed E-state index contributed by atoms with van der Waals surface area (Å²) in [5, 5.41) is 10.4. The van der Waals surface area contributed by atoms with Crippen LogP contribution >= 0.6 is 0 Å². The second kappa shape index (κ2) is 7.34. The number of hydrogen-bond donors (Lipinski definition) is 2. The van der Waals surface area contributed by atoms with Gasteiger partial charge in [0.25, 0.3) is 5.91 Å². The fraction of sp³-hybridized carbons (Fsp3) is 0.357. The van der Waals surface area contributed by atoms with Gasteiger partial charge in [0.1, 0.15) is 0 Å². The van der Waals surface area contributed by atoms with Crippen molar-refractivity contribution in [3.8, 4) is 5.69 Å². The number of hydrogen-bond acceptors (Lipinski definition) is 5. The number of benzene rings is 1. The third kappa shape index (κ3) is 5.46. The molecule has 0 radical (unpaired) electrons. The maximum Gasteiger partial charge on any atom is 0.273 e. The van der Waals surface area contributed by atoms with Crippen LogP contribution in [0.1, 0.15) is 22.5 Å². The molecule has 124 valence electrons. The molecule has 0 saturated carbocycles. The Hall–Kier alpha value is -2.26. The van der Waals surface area contributed by atoms with Gasteiger partial charge in [0.05, 0.1) is 18.1 Å². The second-order valence-electron chi connectivity index (χ2n) is 5.16. The highest BCUT2D eigenvalue weighted by Crippen LogP contribution is 2.08. The van der Waals surface area contributed by atoms with E-state index in [2.05, 4.69) is 20.4 Å². The number of carbonyl (C=O) groups is 1. The fourth-order valence-electron chi connectivity index (χ4n) is 1.83. The summed E-state index contributed by atoms with van der Waals surface area (Å²) in [7, 11) is -3.20. The molecule has 8 nitrogen and oxygen atoms in total. The van der Waals surface area contributed by atoms with E-state index in [0.717, 1.165) is 17.5 Å². The van der Waals surface area contributed by atoms with Crippen LogP contribution in [0.4, 0.5) is 0 Å². The van der Waals surface area contributed by atoms with Crippen LogP contribution in [0.2, 0.25) is 0 Å². The molecule has 0 saturated heterocycles. The van der Waals surface area contributed by atoms with E-state index in [-0.39, 0.29) is 18.1 Å². The van der Waals surface area contributed by atoms with Crippen molar-refractivity contribution in [2.24, 2.45) is 0 Å². The fourth-order valence-corrected chi connectivity index (χ4v) is 2.35. The van der Waals surface area contributed by atoms with Crippen molar-refractivity contribution in [1.82, 2.24) is 25.0 Å². The summed E-state index contributed by atoms with van der Waals surface area (Å²) < 4.78 is 25.7. The number of rotatable bonds is 7. The van der Waals surface area contributed by atoms with Crippen LogP contribution in [0.15, 0.2) is 30.5 Å². The average molecular weight is 337 g/mol. The Kier molecular flexibility index (Phi) is 5.45.